The van der Waals surface area contributed by atoms with Crippen molar-refractivity contribution in [1.82, 2.24) is 9.62 Å². The number of hydrogen-bond acceptors (Lipinski definition) is 6. The molecule has 0 saturated carbocycles. The lowest BCUT2D eigenvalue weighted by Gasteiger charge is -2.34. The molecule has 0 aliphatic carbocycles. The smallest absolute Gasteiger partial charge is 0.252 e. The summed E-state index contributed by atoms with van der Waals surface area (Å²) in [5.41, 5.74) is 0.300. The number of rotatable bonds is 11. The predicted molar refractivity (Wildman–Crippen MR) is 146 cm³/mol. The summed E-state index contributed by atoms with van der Waals surface area (Å²) in [7, 11) is -3.74. The van der Waals surface area contributed by atoms with Crippen LogP contribution in [0.3, 0.4) is 0 Å². The van der Waals surface area contributed by atoms with Crippen molar-refractivity contribution in [2.45, 2.75) is 55.1 Å². The number of halogens is 1. The van der Waals surface area contributed by atoms with E-state index < -0.39 is 16.3 Å². The van der Waals surface area contributed by atoms with E-state index in [1.807, 2.05) is 38.1 Å². The van der Waals surface area contributed by atoms with Gasteiger partial charge in [0, 0.05) is 40.6 Å². The van der Waals surface area contributed by atoms with Gasteiger partial charge in [0.2, 0.25) is 10.0 Å². The summed E-state index contributed by atoms with van der Waals surface area (Å²) in [5, 5.41) is 2.86. The molecule has 2 aromatic carbocycles. The van der Waals surface area contributed by atoms with Crippen LogP contribution in [-0.4, -0.2) is 57.8 Å². The normalized spacial score (nSPS) is 18.9. The van der Waals surface area contributed by atoms with Crippen LogP contribution in [0.5, 0.6) is 0 Å². The molecule has 0 radical (unpaired) electrons. The van der Waals surface area contributed by atoms with E-state index in [2.05, 4.69) is 35.1 Å². The van der Waals surface area contributed by atoms with Crippen molar-refractivity contribution in [3.63, 3.8) is 0 Å². The van der Waals surface area contributed by atoms with Crippen molar-refractivity contribution < 1.29 is 22.7 Å². The molecule has 2 aromatic rings. The van der Waals surface area contributed by atoms with Crippen LogP contribution < -0.4 is 5.32 Å². The Hall–Kier alpha value is -1.43. The Kier molecular flexibility index (Phi) is 10.8. The van der Waals surface area contributed by atoms with Crippen molar-refractivity contribution in [1.29, 1.82) is 0 Å². The predicted octanol–water partition coefficient (Wildman–Crippen LogP) is 5.40. The zero-order valence-electron chi connectivity index (χ0n) is 21.2. The molecule has 1 aliphatic rings. The summed E-state index contributed by atoms with van der Waals surface area (Å²) in [6.45, 7) is 9.87. The van der Waals surface area contributed by atoms with Crippen LogP contribution in [0.1, 0.15) is 44.5 Å². The second kappa shape index (κ2) is 13.4. The average molecular weight is 600 g/mol. The molecule has 3 rings (SSSR count). The van der Waals surface area contributed by atoms with Crippen molar-refractivity contribution in [2.75, 3.05) is 32.8 Å². The van der Waals surface area contributed by atoms with Crippen molar-refractivity contribution in [3.8, 4) is 0 Å². The summed E-state index contributed by atoms with van der Waals surface area (Å²) < 4.78 is 40.6. The summed E-state index contributed by atoms with van der Waals surface area (Å²) in [6.07, 6.45) is 0.429. The molecule has 1 amide bonds. The van der Waals surface area contributed by atoms with Crippen LogP contribution in [0.2, 0.25) is 0 Å². The lowest BCUT2D eigenvalue weighted by atomic mass is 9.94. The maximum Gasteiger partial charge on any atom is 0.252 e. The first-order chi connectivity index (χ1) is 17.1. The number of carbonyl (C=O) groups excluding carboxylic acids is 1. The molecule has 7 nitrogen and oxygen atoms in total. The molecule has 0 aromatic heterocycles. The first-order valence-electron chi connectivity index (χ1n) is 12.2. The summed E-state index contributed by atoms with van der Waals surface area (Å²) in [4.78, 5) is 15.1. The average Bonchev–Trinajstić information content (AvgIpc) is 2.83. The number of sulfonamides is 1. The maximum atomic E-state index is 13.5. The second-order valence-corrected chi connectivity index (χ2v) is 13.0. The zero-order valence-corrected chi connectivity index (χ0v) is 24.4. The topological polar surface area (TPSA) is 84.9 Å². The molecular formula is C26H35BrN2O5S2. The van der Waals surface area contributed by atoms with Crippen LogP contribution >= 0.6 is 27.7 Å². The van der Waals surface area contributed by atoms with E-state index in [1.54, 1.807) is 16.4 Å². The molecule has 1 fully saturated rings. The van der Waals surface area contributed by atoms with Crippen LogP contribution in [0.4, 0.5) is 0 Å². The van der Waals surface area contributed by atoms with E-state index in [-0.39, 0.29) is 29.2 Å². The number of benzene rings is 2. The summed E-state index contributed by atoms with van der Waals surface area (Å²) >= 11 is 4.85. The van der Waals surface area contributed by atoms with Gasteiger partial charge in [-0.25, -0.2) is 8.42 Å². The molecule has 2 atom stereocenters. The number of nitrogens with one attached hydrogen (secondary N) is 1. The molecule has 198 valence electrons. The van der Waals surface area contributed by atoms with Gasteiger partial charge in [-0.2, -0.15) is 4.31 Å². The fourth-order valence-corrected chi connectivity index (χ4v) is 7.22. The Morgan fingerprint density at radius 2 is 1.69 bits per heavy atom. The Morgan fingerprint density at radius 3 is 2.28 bits per heavy atom. The Labute approximate surface area is 227 Å². The number of carbonyl (C=O) groups is 1. The molecule has 10 heteroatoms. The van der Waals surface area contributed by atoms with Crippen LogP contribution in [0, 0.1) is 11.8 Å². The highest BCUT2D eigenvalue weighted by Crippen LogP contribution is 2.34. The third kappa shape index (κ3) is 7.79. The minimum Gasteiger partial charge on any atom is -0.351 e. The Bertz CT molecular complexity index is 1110. The largest absolute Gasteiger partial charge is 0.351 e. The molecule has 1 N–H and O–H groups in total. The van der Waals surface area contributed by atoms with Gasteiger partial charge in [0.15, 0.2) is 6.29 Å². The zero-order chi connectivity index (χ0) is 26.3. The summed E-state index contributed by atoms with van der Waals surface area (Å²) in [6, 6.07) is 12.5. The number of piperidine rings is 1. The fourth-order valence-electron chi connectivity index (χ4n) is 4.33. The Balaban J connectivity index is 1.92. The minimum absolute atomic E-state index is 0.125. The molecule has 1 aliphatic heterocycles. The number of amides is 1. The van der Waals surface area contributed by atoms with Crippen molar-refractivity contribution in [3.05, 3.63) is 52.5 Å². The third-order valence-corrected chi connectivity index (χ3v) is 9.28. The van der Waals surface area contributed by atoms with E-state index in [9.17, 15) is 13.2 Å². The molecule has 36 heavy (non-hydrogen) atoms. The molecule has 0 unspecified atom stereocenters. The lowest BCUT2D eigenvalue weighted by molar-refractivity contribution is -0.131. The molecule has 0 spiro atoms. The van der Waals surface area contributed by atoms with Gasteiger partial charge in [-0.3, -0.25) is 4.79 Å². The monoisotopic (exact) mass is 598 g/mol. The molecular weight excluding hydrogens is 564 g/mol. The Morgan fingerprint density at radius 1 is 1.08 bits per heavy atom. The molecule has 1 saturated heterocycles. The second-order valence-electron chi connectivity index (χ2n) is 9.03. The highest BCUT2D eigenvalue weighted by Gasteiger charge is 2.32. The molecule has 1 heterocycles. The van der Waals surface area contributed by atoms with Gasteiger partial charge < -0.3 is 14.8 Å². The van der Waals surface area contributed by atoms with Gasteiger partial charge in [0.05, 0.1) is 17.0 Å². The van der Waals surface area contributed by atoms with Gasteiger partial charge in [0.25, 0.3) is 5.91 Å². The van der Waals surface area contributed by atoms with E-state index in [0.29, 0.717) is 36.8 Å². The van der Waals surface area contributed by atoms with Crippen LogP contribution in [0.25, 0.3) is 0 Å². The van der Waals surface area contributed by atoms with Gasteiger partial charge >= 0.3 is 0 Å². The van der Waals surface area contributed by atoms with Gasteiger partial charge in [-0.15, -0.1) is 0 Å². The highest BCUT2D eigenvalue weighted by atomic mass is 79.9. The van der Waals surface area contributed by atoms with Gasteiger partial charge in [-0.05, 0) is 74.6 Å². The maximum absolute atomic E-state index is 13.5. The standard InChI is InChI=1S/C26H35BrN2O5S2/c1-5-33-25(34-6-2)15-28-26(30)23-14-22(36(31,32)29-16-18(3)13-19(4)17-29)11-12-24(23)35-21-9-7-20(27)8-10-21/h7-12,14,18-19,25H,5-6,13,15-17H2,1-4H3,(H,28,30)/t18-,19+. The third-order valence-electron chi connectivity index (χ3n) is 5.84. The summed E-state index contributed by atoms with van der Waals surface area (Å²) in [5.74, 6) is 0.191. The van der Waals surface area contributed by atoms with Crippen LogP contribution in [0.15, 0.2) is 61.6 Å². The molecule has 0 bridgehead atoms. The van der Waals surface area contributed by atoms with Crippen LogP contribution in [-0.2, 0) is 19.5 Å². The highest BCUT2D eigenvalue weighted by molar-refractivity contribution is 9.10. The lowest BCUT2D eigenvalue weighted by Crippen LogP contribution is -2.42. The van der Waals surface area contributed by atoms with Gasteiger partial charge in [-0.1, -0.05) is 41.5 Å². The fraction of sp³-hybridized carbons (Fsp3) is 0.500. The number of ether oxygens (including phenoxy) is 2. The van der Waals surface area contributed by atoms with E-state index in [1.165, 1.54) is 17.8 Å². The SMILES string of the molecule is CCOC(CNC(=O)c1cc(S(=O)(=O)N2C[C@H](C)C[C@H](C)C2)ccc1Sc1ccc(Br)cc1)OCC. The first kappa shape index (κ1) is 29.1. The van der Waals surface area contributed by atoms with Crippen molar-refractivity contribution in [2.24, 2.45) is 11.8 Å². The quantitative estimate of drug-likeness (QED) is 0.349. The number of nitrogens with zero attached hydrogens (tertiary/aromatic N) is 1. The number of hydrogen-bond donors (Lipinski definition) is 1. The van der Waals surface area contributed by atoms with E-state index in [0.717, 1.165) is 15.8 Å². The first-order valence-corrected chi connectivity index (χ1v) is 15.3. The van der Waals surface area contributed by atoms with E-state index >= 15 is 0 Å². The van der Waals surface area contributed by atoms with Gasteiger partial charge in [0.1, 0.15) is 0 Å². The van der Waals surface area contributed by atoms with Crippen molar-refractivity contribution >= 4 is 43.6 Å². The minimum atomic E-state index is -3.74. The van der Waals surface area contributed by atoms with E-state index in [4.69, 9.17) is 9.47 Å².